The maximum Gasteiger partial charge on any atom is 0.0323 e. The van der Waals surface area contributed by atoms with Gasteiger partial charge in [-0.2, -0.15) is 0 Å². The smallest absolute Gasteiger partial charge is 0.0323 e. The van der Waals surface area contributed by atoms with Gasteiger partial charge in [-0.25, -0.2) is 0 Å². The molecule has 0 aliphatic carbocycles. The SMILES string of the molecule is C=C(N)/C=C\C(=C/C)N(CCC)CCC. The molecule has 0 spiro atoms. The van der Waals surface area contributed by atoms with Crippen LogP contribution in [0.25, 0.3) is 0 Å². The summed E-state index contributed by atoms with van der Waals surface area (Å²) in [6.07, 6.45) is 8.33. The first kappa shape index (κ1) is 13.8. The standard InChI is InChI=1S/C13H24N2/c1-5-10-15(11-6-2)13(7-3)9-8-12(4)14/h7-9H,4-6,10-11,14H2,1-3H3/b9-8-,13-7+. The lowest BCUT2D eigenvalue weighted by molar-refractivity contribution is 0.354. The Bertz CT molecular complexity index is 233. The number of rotatable bonds is 7. The van der Waals surface area contributed by atoms with Gasteiger partial charge in [-0.3, -0.25) is 0 Å². The van der Waals surface area contributed by atoms with Gasteiger partial charge in [0.05, 0.1) is 0 Å². The van der Waals surface area contributed by atoms with Gasteiger partial charge in [0.15, 0.2) is 0 Å². The van der Waals surface area contributed by atoms with Gasteiger partial charge in [0.25, 0.3) is 0 Å². The van der Waals surface area contributed by atoms with E-state index in [1.807, 2.05) is 12.2 Å². The zero-order valence-corrected chi connectivity index (χ0v) is 10.3. The molecule has 15 heavy (non-hydrogen) atoms. The Labute approximate surface area is 94.1 Å². The van der Waals surface area contributed by atoms with E-state index < -0.39 is 0 Å². The highest BCUT2D eigenvalue weighted by Crippen LogP contribution is 2.08. The summed E-state index contributed by atoms with van der Waals surface area (Å²) in [5.41, 5.74) is 7.34. The molecule has 0 aliphatic rings. The summed E-state index contributed by atoms with van der Waals surface area (Å²) in [6, 6.07) is 0. The van der Waals surface area contributed by atoms with Gasteiger partial charge in [0.1, 0.15) is 0 Å². The second kappa shape index (κ2) is 8.16. The second-order valence-corrected chi connectivity index (χ2v) is 3.61. The Hall–Kier alpha value is -1.18. The minimum atomic E-state index is 0.599. The molecule has 0 unspecified atom stereocenters. The van der Waals surface area contributed by atoms with Crippen molar-refractivity contribution in [1.82, 2.24) is 4.90 Å². The molecule has 2 N–H and O–H groups in total. The van der Waals surface area contributed by atoms with Gasteiger partial charge < -0.3 is 10.6 Å². The van der Waals surface area contributed by atoms with Crippen molar-refractivity contribution in [2.45, 2.75) is 33.6 Å². The van der Waals surface area contributed by atoms with Crippen LogP contribution in [-0.4, -0.2) is 18.0 Å². The van der Waals surface area contributed by atoms with Crippen molar-refractivity contribution < 1.29 is 0 Å². The van der Waals surface area contributed by atoms with E-state index in [-0.39, 0.29) is 0 Å². The van der Waals surface area contributed by atoms with Crippen LogP contribution in [-0.2, 0) is 0 Å². The maximum absolute atomic E-state index is 5.52. The molecule has 0 bridgehead atoms. The average Bonchev–Trinajstić information content (AvgIpc) is 2.19. The second-order valence-electron chi connectivity index (χ2n) is 3.61. The fraction of sp³-hybridized carbons (Fsp3) is 0.538. The van der Waals surface area contributed by atoms with Crippen molar-refractivity contribution in [3.05, 3.63) is 36.2 Å². The fourth-order valence-electron chi connectivity index (χ4n) is 1.49. The van der Waals surface area contributed by atoms with Crippen LogP contribution >= 0.6 is 0 Å². The van der Waals surface area contributed by atoms with Crippen LogP contribution in [0.3, 0.4) is 0 Å². The summed E-state index contributed by atoms with van der Waals surface area (Å²) in [4.78, 5) is 2.37. The van der Waals surface area contributed by atoms with Crippen molar-refractivity contribution >= 4 is 0 Å². The molecule has 0 saturated carbocycles. The Balaban J connectivity index is 4.52. The zero-order chi connectivity index (χ0) is 11.7. The quantitative estimate of drug-likeness (QED) is 0.652. The first-order valence-corrected chi connectivity index (χ1v) is 5.69. The predicted octanol–water partition coefficient (Wildman–Crippen LogP) is 3.04. The van der Waals surface area contributed by atoms with Crippen LogP contribution in [0.2, 0.25) is 0 Å². The van der Waals surface area contributed by atoms with Crippen LogP contribution in [0.15, 0.2) is 36.2 Å². The molecule has 0 radical (unpaired) electrons. The summed E-state index contributed by atoms with van der Waals surface area (Å²) in [5.74, 6) is 0. The summed E-state index contributed by atoms with van der Waals surface area (Å²) in [7, 11) is 0. The predicted molar refractivity (Wildman–Crippen MR) is 68.4 cm³/mol. The molecule has 0 aliphatic heterocycles. The Morgan fingerprint density at radius 1 is 1.20 bits per heavy atom. The number of hydrogen-bond donors (Lipinski definition) is 1. The number of hydrogen-bond acceptors (Lipinski definition) is 2. The minimum absolute atomic E-state index is 0.599. The molecule has 0 aromatic carbocycles. The van der Waals surface area contributed by atoms with Crippen LogP contribution in [0.1, 0.15) is 33.6 Å². The van der Waals surface area contributed by atoms with Crippen molar-refractivity contribution in [1.29, 1.82) is 0 Å². The van der Waals surface area contributed by atoms with E-state index >= 15 is 0 Å². The van der Waals surface area contributed by atoms with Crippen molar-refractivity contribution in [3.8, 4) is 0 Å². The summed E-state index contributed by atoms with van der Waals surface area (Å²) < 4.78 is 0. The molecule has 2 heteroatoms. The summed E-state index contributed by atoms with van der Waals surface area (Å²) >= 11 is 0. The van der Waals surface area contributed by atoms with Crippen molar-refractivity contribution in [3.63, 3.8) is 0 Å². The third-order valence-corrected chi connectivity index (χ3v) is 2.12. The monoisotopic (exact) mass is 208 g/mol. The summed E-state index contributed by atoms with van der Waals surface area (Å²) in [5, 5.41) is 0. The molecule has 0 atom stereocenters. The van der Waals surface area contributed by atoms with E-state index in [1.54, 1.807) is 0 Å². The van der Waals surface area contributed by atoms with Gasteiger partial charge in [0, 0.05) is 24.5 Å². The normalized spacial score (nSPS) is 12.1. The minimum Gasteiger partial charge on any atom is -0.399 e. The molecule has 0 amide bonds. The third kappa shape index (κ3) is 6.00. The summed E-state index contributed by atoms with van der Waals surface area (Å²) in [6.45, 7) is 12.3. The van der Waals surface area contributed by atoms with Crippen molar-refractivity contribution in [2.24, 2.45) is 5.73 Å². The molecule has 2 nitrogen and oxygen atoms in total. The van der Waals surface area contributed by atoms with Crippen LogP contribution in [0.4, 0.5) is 0 Å². The Morgan fingerprint density at radius 2 is 1.73 bits per heavy atom. The third-order valence-electron chi connectivity index (χ3n) is 2.12. The van der Waals surface area contributed by atoms with Gasteiger partial charge in [-0.05, 0) is 31.9 Å². The van der Waals surface area contributed by atoms with Crippen LogP contribution in [0, 0.1) is 0 Å². The van der Waals surface area contributed by atoms with Crippen molar-refractivity contribution in [2.75, 3.05) is 13.1 Å². The Kier molecular flexibility index (Phi) is 7.51. The van der Waals surface area contributed by atoms with E-state index in [2.05, 4.69) is 38.3 Å². The number of allylic oxidation sites excluding steroid dienone is 3. The average molecular weight is 208 g/mol. The molecule has 0 saturated heterocycles. The maximum atomic E-state index is 5.52. The lowest BCUT2D eigenvalue weighted by Crippen LogP contribution is -2.23. The molecule has 0 heterocycles. The van der Waals surface area contributed by atoms with E-state index in [4.69, 9.17) is 5.73 Å². The van der Waals surface area contributed by atoms with Gasteiger partial charge in [0.2, 0.25) is 0 Å². The zero-order valence-electron chi connectivity index (χ0n) is 10.3. The van der Waals surface area contributed by atoms with Crippen LogP contribution in [0.5, 0.6) is 0 Å². The highest BCUT2D eigenvalue weighted by Gasteiger charge is 2.03. The van der Waals surface area contributed by atoms with E-state index in [9.17, 15) is 0 Å². The van der Waals surface area contributed by atoms with E-state index in [0.717, 1.165) is 25.9 Å². The molecule has 0 fully saturated rings. The molecule has 0 aromatic rings. The highest BCUT2D eigenvalue weighted by atomic mass is 15.1. The number of nitrogens with two attached hydrogens (primary N) is 1. The number of nitrogens with zero attached hydrogens (tertiary/aromatic N) is 1. The first-order chi connectivity index (χ1) is 7.15. The lowest BCUT2D eigenvalue weighted by atomic mass is 10.2. The van der Waals surface area contributed by atoms with Gasteiger partial charge >= 0.3 is 0 Å². The first-order valence-electron chi connectivity index (χ1n) is 5.69. The topological polar surface area (TPSA) is 29.3 Å². The molecule has 0 rings (SSSR count). The Morgan fingerprint density at radius 3 is 2.07 bits per heavy atom. The van der Waals surface area contributed by atoms with E-state index in [1.165, 1.54) is 5.70 Å². The molecular formula is C13H24N2. The highest BCUT2D eigenvalue weighted by molar-refractivity contribution is 5.23. The van der Waals surface area contributed by atoms with E-state index in [0.29, 0.717) is 5.70 Å². The molecular weight excluding hydrogens is 184 g/mol. The van der Waals surface area contributed by atoms with Gasteiger partial charge in [-0.1, -0.05) is 26.5 Å². The van der Waals surface area contributed by atoms with Gasteiger partial charge in [-0.15, -0.1) is 0 Å². The largest absolute Gasteiger partial charge is 0.399 e. The molecule has 86 valence electrons. The fourth-order valence-corrected chi connectivity index (χ4v) is 1.49. The van der Waals surface area contributed by atoms with Crippen LogP contribution < -0.4 is 5.73 Å². The lowest BCUT2D eigenvalue weighted by Gasteiger charge is -2.24. The molecule has 0 aromatic heterocycles.